The second-order valence-corrected chi connectivity index (χ2v) is 9.53. The molecule has 156 valence electrons. The van der Waals surface area contributed by atoms with E-state index in [-0.39, 0.29) is 33.3 Å². The summed E-state index contributed by atoms with van der Waals surface area (Å²) in [5, 5.41) is 16.3. The van der Waals surface area contributed by atoms with Crippen LogP contribution in [-0.2, 0) is 28.4 Å². The third-order valence-corrected chi connectivity index (χ3v) is 7.08. The summed E-state index contributed by atoms with van der Waals surface area (Å²) in [6, 6.07) is 4.57. The van der Waals surface area contributed by atoms with E-state index in [1.54, 1.807) is 13.0 Å². The van der Waals surface area contributed by atoms with E-state index in [4.69, 9.17) is 4.78 Å². The smallest absolute Gasteiger partial charge is 0.309 e. The molecule has 0 saturated heterocycles. The average molecular weight is 435 g/mol. The normalized spacial score (nSPS) is 17.5. The van der Waals surface area contributed by atoms with Gasteiger partial charge in [0.15, 0.2) is 17.2 Å². The first kappa shape index (κ1) is 20.2. The van der Waals surface area contributed by atoms with Gasteiger partial charge in [-0.1, -0.05) is 6.92 Å². The number of alkyl halides is 3. The molecule has 0 amide bonds. The summed E-state index contributed by atoms with van der Waals surface area (Å²) in [5.74, 6) is 0.127. The Balaban J connectivity index is 1.95. The number of halogens is 3. The SMILES string of the molecule is CC[S@@](=N)(=O)c1cc(C2(C#N)CC2)cnc1-c1nc2cc(C(F)(F)F)nnc2n1C. The van der Waals surface area contributed by atoms with Crippen molar-refractivity contribution in [1.82, 2.24) is 24.7 Å². The number of fused-ring (bicyclic) bond motifs is 1. The van der Waals surface area contributed by atoms with E-state index >= 15 is 0 Å². The number of rotatable bonds is 4. The molecule has 1 aliphatic rings. The van der Waals surface area contributed by atoms with Gasteiger partial charge in [0.05, 0.1) is 26.1 Å². The predicted molar refractivity (Wildman–Crippen MR) is 101 cm³/mol. The summed E-state index contributed by atoms with van der Waals surface area (Å²) in [5.41, 5.74) is -1.12. The third-order valence-electron chi connectivity index (χ3n) is 5.25. The Kier molecular flexibility index (Phi) is 4.36. The highest BCUT2D eigenvalue weighted by Crippen LogP contribution is 2.48. The maximum atomic E-state index is 13.0. The minimum absolute atomic E-state index is 0.00660. The molecule has 1 fully saturated rings. The Morgan fingerprint density at radius 1 is 1.33 bits per heavy atom. The summed E-state index contributed by atoms with van der Waals surface area (Å²) in [4.78, 5) is 8.66. The number of nitrogens with one attached hydrogen (secondary N) is 1. The first-order valence-corrected chi connectivity index (χ1v) is 10.7. The van der Waals surface area contributed by atoms with E-state index in [1.165, 1.54) is 17.8 Å². The minimum atomic E-state index is -4.67. The molecule has 0 spiro atoms. The summed E-state index contributed by atoms with van der Waals surface area (Å²) in [7, 11) is -1.74. The van der Waals surface area contributed by atoms with E-state index in [2.05, 4.69) is 26.2 Å². The van der Waals surface area contributed by atoms with E-state index in [9.17, 15) is 22.6 Å². The van der Waals surface area contributed by atoms with Crippen LogP contribution in [0.15, 0.2) is 23.2 Å². The molecule has 30 heavy (non-hydrogen) atoms. The highest BCUT2D eigenvalue weighted by molar-refractivity contribution is 7.92. The number of nitrogens with zero attached hydrogens (tertiary/aromatic N) is 6. The number of aryl methyl sites for hydroxylation is 1. The molecule has 1 atom stereocenters. The van der Waals surface area contributed by atoms with Crippen molar-refractivity contribution in [1.29, 1.82) is 10.0 Å². The third kappa shape index (κ3) is 3.09. The van der Waals surface area contributed by atoms with Crippen LogP contribution in [0.5, 0.6) is 0 Å². The molecule has 3 aromatic rings. The molecular formula is C18H16F3N7OS. The van der Waals surface area contributed by atoms with E-state index in [0.717, 1.165) is 6.07 Å². The number of nitriles is 1. The molecule has 1 saturated carbocycles. The lowest BCUT2D eigenvalue weighted by Gasteiger charge is -2.14. The van der Waals surface area contributed by atoms with Gasteiger partial charge < -0.3 is 4.57 Å². The highest BCUT2D eigenvalue weighted by atomic mass is 32.2. The number of hydrogen-bond donors (Lipinski definition) is 1. The predicted octanol–water partition coefficient (Wildman–Crippen LogP) is 3.42. The molecular weight excluding hydrogens is 419 g/mol. The van der Waals surface area contributed by atoms with Crippen LogP contribution in [0, 0.1) is 16.1 Å². The maximum absolute atomic E-state index is 13.0. The fraction of sp³-hybridized carbons (Fsp3) is 0.389. The fourth-order valence-electron chi connectivity index (χ4n) is 3.21. The zero-order chi connectivity index (χ0) is 21.9. The molecule has 8 nitrogen and oxygen atoms in total. The lowest BCUT2D eigenvalue weighted by molar-refractivity contribution is -0.141. The van der Waals surface area contributed by atoms with Crippen molar-refractivity contribution in [3.63, 3.8) is 0 Å². The van der Waals surface area contributed by atoms with Crippen LogP contribution in [0.1, 0.15) is 31.0 Å². The largest absolute Gasteiger partial charge is 0.435 e. The molecule has 0 unspecified atom stereocenters. The van der Waals surface area contributed by atoms with Crippen molar-refractivity contribution in [2.45, 2.75) is 36.3 Å². The Morgan fingerprint density at radius 3 is 2.60 bits per heavy atom. The summed E-state index contributed by atoms with van der Waals surface area (Å²) in [6.45, 7) is 1.60. The number of hydrogen-bond acceptors (Lipinski definition) is 7. The second-order valence-electron chi connectivity index (χ2n) is 7.16. The van der Waals surface area contributed by atoms with Crippen LogP contribution in [0.2, 0.25) is 0 Å². The Hall–Kier alpha value is -3.07. The van der Waals surface area contributed by atoms with Crippen molar-refractivity contribution in [2.24, 2.45) is 7.05 Å². The Bertz CT molecular complexity index is 1320. The standard InChI is InChI=1S/C18H16F3N7OS/c1-3-30(23,29)12-6-10(17(9-22)4-5-17)8-24-14(12)16-25-11-7-13(18(19,20)21)26-27-15(11)28(16)2/h6-8,23H,3-5H2,1-2H3/t30-/m1/s1. The molecule has 0 radical (unpaired) electrons. The molecule has 4 rings (SSSR count). The van der Waals surface area contributed by atoms with Gasteiger partial charge in [-0.15, -0.1) is 10.2 Å². The zero-order valence-corrected chi connectivity index (χ0v) is 16.8. The van der Waals surface area contributed by atoms with Gasteiger partial charge in [0.25, 0.3) is 0 Å². The number of pyridine rings is 1. The van der Waals surface area contributed by atoms with Gasteiger partial charge in [-0.25, -0.2) is 14.0 Å². The Morgan fingerprint density at radius 2 is 2.03 bits per heavy atom. The van der Waals surface area contributed by atoms with Gasteiger partial charge >= 0.3 is 6.18 Å². The van der Waals surface area contributed by atoms with E-state index in [0.29, 0.717) is 18.4 Å². The van der Waals surface area contributed by atoms with Crippen LogP contribution < -0.4 is 0 Å². The molecule has 0 aromatic carbocycles. The molecule has 3 aromatic heterocycles. The molecule has 1 N–H and O–H groups in total. The number of imidazole rings is 1. The van der Waals surface area contributed by atoms with Crippen molar-refractivity contribution in [3.05, 3.63) is 29.6 Å². The second kappa shape index (κ2) is 6.46. The minimum Gasteiger partial charge on any atom is -0.309 e. The summed E-state index contributed by atoms with van der Waals surface area (Å²) >= 11 is 0. The van der Waals surface area contributed by atoms with Gasteiger partial charge in [0.2, 0.25) is 0 Å². The van der Waals surface area contributed by atoms with Crippen LogP contribution in [0.25, 0.3) is 22.7 Å². The first-order valence-electron chi connectivity index (χ1n) is 8.98. The molecule has 1 aliphatic carbocycles. The van der Waals surface area contributed by atoms with Gasteiger partial charge in [-0.05, 0) is 24.5 Å². The van der Waals surface area contributed by atoms with Crippen molar-refractivity contribution >= 4 is 20.9 Å². The van der Waals surface area contributed by atoms with Crippen molar-refractivity contribution in [3.8, 4) is 17.6 Å². The van der Waals surface area contributed by atoms with Crippen LogP contribution in [0.3, 0.4) is 0 Å². The Labute approximate surface area is 169 Å². The lowest BCUT2D eigenvalue weighted by Crippen LogP contribution is -2.11. The van der Waals surface area contributed by atoms with Crippen LogP contribution in [-0.4, -0.2) is 34.7 Å². The van der Waals surface area contributed by atoms with Gasteiger partial charge in [-0.3, -0.25) is 4.98 Å². The quantitative estimate of drug-likeness (QED) is 0.670. The number of aromatic nitrogens is 5. The van der Waals surface area contributed by atoms with Gasteiger partial charge in [0, 0.05) is 25.1 Å². The summed E-state index contributed by atoms with van der Waals surface area (Å²) in [6.07, 6.45) is -1.89. The fourth-order valence-corrected chi connectivity index (χ4v) is 4.29. The van der Waals surface area contributed by atoms with Gasteiger partial charge in [-0.2, -0.15) is 18.4 Å². The topological polar surface area (TPSA) is 121 Å². The molecule has 0 aliphatic heterocycles. The van der Waals surface area contributed by atoms with Crippen molar-refractivity contribution < 1.29 is 17.4 Å². The first-order chi connectivity index (χ1) is 14.0. The molecule has 12 heteroatoms. The molecule has 3 heterocycles. The van der Waals surface area contributed by atoms with Crippen LogP contribution in [0.4, 0.5) is 13.2 Å². The van der Waals surface area contributed by atoms with Gasteiger partial charge in [0.1, 0.15) is 11.2 Å². The van der Waals surface area contributed by atoms with E-state index < -0.39 is 27.0 Å². The maximum Gasteiger partial charge on any atom is 0.435 e. The summed E-state index contributed by atoms with van der Waals surface area (Å²) < 4.78 is 61.6. The monoisotopic (exact) mass is 435 g/mol. The van der Waals surface area contributed by atoms with Crippen molar-refractivity contribution in [2.75, 3.05) is 5.75 Å². The highest BCUT2D eigenvalue weighted by Gasteiger charge is 2.46. The molecule has 0 bridgehead atoms. The van der Waals surface area contributed by atoms with Crippen LogP contribution >= 0.6 is 0 Å². The van der Waals surface area contributed by atoms with E-state index in [1.807, 2.05) is 0 Å². The zero-order valence-electron chi connectivity index (χ0n) is 16.0. The average Bonchev–Trinajstić information content (AvgIpc) is 3.45. The lowest BCUT2D eigenvalue weighted by atomic mass is 9.99.